The molecule has 0 fully saturated rings. The van der Waals surface area contributed by atoms with Crippen molar-refractivity contribution in [1.82, 2.24) is 0 Å². The van der Waals surface area contributed by atoms with Crippen molar-refractivity contribution in [3.8, 4) is 0 Å². The molecule has 0 aromatic heterocycles. The van der Waals surface area contributed by atoms with E-state index in [2.05, 4.69) is 27.7 Å². The average Bonchev–Trinajstić information content (AvgIpc) is 2.04. The van der Waals surface area contributed by atoms with Crippen molar-refractivity contribution >= 4 is 0 Å². The lowest BCUT2D eigenvalue weighted by Crippen LogP contribution is -2.10. The molecule has 1 N–H and O–H groups in total. The first-order valence-corrected chi connectivity index (χ1v) is 5.70. The Morgan fingerprint density at radius 1 is 0.923 bits per heavy atom. The molecule has 1 nitrogen and oxygen atoms in total. The molecule has 0 bridgehead atoms. The van der Waals surface area contributed by atoms with Crippen molar-refractivity contribution in [2.45, 2.75) is 53.4 Å². The third-order valence-corrected chi connectivity index (χ3v) is 2.70. The van der Waals surface area contributed by atoms with Gasteiger partial charge in [-0.05, 0) is 30.6 Å². The van der Waals surface area contributed by atoms with Gasteiger partial charge in [0.25, 0.3) is 0 Å². The van der Waals surface area contributed by atoms with Gasteiger partial charge in [-0.25, -0.2) is 0 Å². The Bertz CT molecular complexity index is 112. The molecular formula is C12H26O. The molecule has 0 spiro atoms. The molecule has 0 aromatic rings. The van der Waals surface area contributed by atoms with Gasteiger partial charge >= 0.3 is 0 Å². The van der Waals surface area contributed by atoms with Gasteiger partial charge in [-0.3, -0.25) is 0 Å². The minimum Gasteiger partial charge on any atom is -0.396 e. The van der Waals surface area contributed by atoms with E-state index in [-0.39, 0.29) is 0 Å². The van der Waals surface area contributed by atoms with Crippen LogP contribution >= 0.6 is 0 Å². The number of aliphatic hydroxyl groups is 1. The standard InChI is InChI=1S/C12H26O/c1-5-6-10(2)7-11(3)8-12(4)9-13/h10-13H,5-9H2,1-4H3/t10-,11+,12-/m0/s1. The molecule has 0 aliphatic rings. The molecule has 0 unspecified atom stereocenters. The molecule has 80 valence electrons. The highest BCUT2D eigenvalue weighted by Gasteiger charge is 2.11. The van der Waals surface area contributed by atoms with Crippen LogP contribution in [0, 0.1) is 17.8 Å². The van der Waals surface area contributed by atoms with Crippen LogP contribution in [0.15, 0.2) is 0 Å². The van der Waals surface area contributed by atoms with Crippen LogP contribution in [0.4, 0.5) is 0 Å². The van der Waals surface area contributed by atoms with Crippen molar-refractivity contribution in [3.63, 3.8) is 0 Å². The summed E-state index contributed by atoms with van der Waals surface area (Å²) in [4.78, 5) is 0. The zero-order chi connectivity index (χ0) is 10.3. The topological polar surface area (TPSA) is 20.2 Å². The van der Waals surface area contributed by atoms with E-state index >= 15 is 0 Å². The van der Waals surface area contributed by atoms with Gasteiger partial charge in [0, 0.05) is 6.61 Å². The summed E-state index contributed by atoms with van der Waals surface area (Å²) in [7, 11) is 0. The maximum absolute atomic E-state index is 8.92. The highest BCUT2D eigenvalue weighted by Crippen LogP contribution is 2.21. The summed E-state index contributed by atoms with van der Waals surface area (Å²) < 4.78 is 0. The smallest absolute Gasteiger partial charge is 0.0456 e. The molecule has 0 aromatic carbocycles. The normalized spacial score (nSPS) is 18.2. The largest absolute Gasteiger partial charge is 0.396 e. The van der Waals surface area contributed by atoms with Crippen molar-refractivity contribution in [2.24, 2.45) is 17.8 Å². The fourth-order valence-electron chi connectivity index (χ4n) is 2.16. The van der Waals surface area contributed by atoms with Gasteiger partial charge in [-0.15, -0.1) is 0 Å². The van der Waals surface area contributed by atoms with Crippen LogP contribution in [0.1, 0.15) is 53.4 Å². The first-order chi connectivity index (χ1) is 6.10. The lowest BCUT2D eigenvalue weighted by molar-refractivity contribution is 0.207. The van der Waals surface area contributed by atoms with E-state index in [1.165, 1.54) is 25.7 Å². The van der Waals surface area contributed by atoms with Crippen molar-refractivity contribution in [2.75, 3.05) is 6.61 Å². The molecular weight excluding hydrogens is 160 g/mol. The Morgan fingerprint density at radius 3 is 1.92 bits per heavy atom. The second kappa shape index (κ2) is 7.37. The van der Waals surface area contributed by atoms with Crippen LogP contribution in [0.5, 0.6) is 0 Å². The van der Waals surface area contributed by atoms with E-state index < -0.39 is 0 Å². The molecule has 1 heteroatoms. The fourth-order valence-corrected chi connectivity index (χ4v) is 2.16. The molecule has 3 atom stereocenters. The second-order valence-corrected chi connectivity index (χ2v) is 4.76. The molecule has 0 aliphatic carbocycles. The van der Waals surface area contributed by atoms with Gasteiger partial charge in [0.15, 0.2) is 0 Å². The van der Waals surface area contributed by atoms with Crippen LogP contribution in [-0.4, -0.2) is 11.7 Å². The predicted octanol–water partition coefficient (Wildman–Crippen LogP) is 3.47. The van der Waals surface area contributed by atoms with E-state index in [4.69, 9.17) is 5.11 Å². The van der Waals surface area contributed by atoms with Crippen LogP contribution in [0.2, 0.25) is 0 Å². The minimum absolute atomic E-state index is 0.340. The quantitative estimate of drug-likeness (QED) is 0.645. The zero-order valence-corrected chi connectivity index (χ0v) is 9.71. The SMILES string of the molecule is CCC[C@H](C)C[C@@H](C)C[C@H](C)CO. The average molecular weight is 186 g/mol. The third kappa shape index (κ3) is 7.06. The Kier molecular flexibility index (Phi) is 7.35. The zero-order valence-electron chi connectivity index (χ0n) is 9.71. The Hall–Kier alpha value is -0.0400. The van der Waals surface area contributed by atoms with E-state index in [1.54, 1.807) is 0 Å². The van der Waals surface area contributed by atoms with Crippen LogP contribution < -0.4 is 0 Å². The van der Waals surface area contributed by atoms with Gasteiger partial charge < -0.3 is 5.11 Å². The first kappa shape index (κ1) is 13.0. The summed E-state index contributed by atoms with van der Waals surface area (Å²) in [6.07, 6.45) is 5.13. The van der Waals surface area contributed by atoms with Gasteiger partial charge in [0.2, 0.25) is 0 Å². The molecule has 0 heterocycles. The predicted molar refractivity (Wildman–Crippen MR) is 58.7 cm³/mol. The van der Waals surface area contributed by atoms with Crippen molar-refractivity contribution in [1.29, 1.82) is 0 Å². The Balaban J connectivity index is 3.54. The summed E-state index contributed by atoms with van der Waals surface area (Å²) in [5.74, 6) is 2.10. The number of hydrogen-bond acceptors (Lipinski definition) is 1. The van der Waals surface area contributed by atoms with Gasteiger partial charge in [-0.2, -0.15) is 0 Å². The van der Waals surface area contributed by atoms with Gasteiger partial charge in [0.1, 0.15) is 0 Å². The third-order valence-electron chi connectivity index (χ3n) is 2.70. The summed E-state index contributed by atoms with van der Waals surface area (Å²) in [5.41, 5.74) is 0. The highest BCUT2D eigenvalue weighted by atomic mass is 16.3. The molecule has 0 rings (SSSR count). The van der Waals surface area contributed by atoms with E-state index in [9.17, 15) is 0 Å². The lowest BCUT2D eigenvalue weighted by atomic mass is 9.88. The Morgan fingerprint density at radius 2 is 1.46 bits per heavy atom. The van der Waals surface area contributed by atoms with Crippen molar-refractivity contribution < 1.29 is 5.11 Å². The molecule has 0 aliphatic heterocycles. The molecule has 13 heavy (non-hydrogen) atoms. The summed E-state index contributed by atoms with van der Waals surface area (Å²) in [6.45, 7) is 9.35. The van der Waals surface area contributed by atoms with Crippen molar-refractivity contribution in [3.05, 3.63) is 0 Å². The molecule has 0 saturated carbocycles. The lowest BCUT2D eigenvalue weighted by Gasteiger charge is -2.19. The maximum Gasteiger partial charge on any atom is 0.0456 e. The number of aliphatic hydroxyl groups excluding tert-OH is 1. The summed E-state index contributed by atoms with van der Waals surface area (Å²) in [6, 6.07) is 0. The Labute approximate surface area is 83.5 Å². The maximum atomic E-state index is 8.92. The number of rotatable bonds is 7. The van der Waals surface area contributed by atoms with E-state index in [0.717, 1.165) is 11.8 Å². The van der Waals surface area contributed by atoms with Crippen LogP contribution in [0.3, 0.4) is 0 Å². The van der Waals surface area contributed by atoms with Gasteiger partial charge in [-0.1, -0.05) is 40.5 Å². The number of hydrogen-bond donors (Lipinski definition) is 1. The minimum atomic E-state index is 0.340. The van der Waals surface area contributed by atoms with E-state index in [1.807, 2.05) is 0 Å². The van der Waals surface area contributed by atoms with Gasteiger partial charge in [0.05, 0.1) is 0 Å². The first-order valence-electron chi connectivity index (χ1n) is 5.70. The van der Waals surface area contributed by atoms with Crippen LogP contribution in [-0.2, 0) is 0 Å². The van der Waals surface area contributed by atoms with E-state index in [0.29, 0.717) is 12.5 Å². The fraction of sp³-hybridized carbons (Fsp3) is 1.00. The molecule has 0 amide bonds. The molecule has 0 radical (unpaired) electrons. The monoisotopic (exact) mass is 186 g/mol. The summed E-state index contributed by atoms with van der Waals surface area (Å²) >= 11 is 0. The van der Waals surface area contributed by atoms with Crippen LogP contribution in [0.25, 0.3) is 0 Å². The second-order valence-electron chi connectivity index (χ2n) is 4.76. The summed E-state index contributed by atoms with van der Waals surface area (Å²) in [5, 5.41) is 8.92. The highest BCUT2D eigenvalue weighted by molar-refractivity contribution is 4.62. The molecule has 0 saturated heterocycles.